The number of benzene rings is 2. The predicted octanol–water partition coefficient (Wildman–Crippen LogP) is 3.11. The summed E-state index contributed by atoms with van der Waals surface area (Å²) in [6.07, 6.45) is 1.57. The lowest BCUT2D eigenvalue weighted by molar-refractivity contribution is 0.101. The Morgan fingerprint density at radius 2 is 2.00 bits per heavy atom. The maximum absolute atomic E-state index is 12.2. The number of Topliss-reactive ketones (excluding diaryl/α,β-unsaturated/α-hetero) is 1. The Morgan fingerprint density at radius 1 is 1.18 bits per heavy atom. The van der Waals surface area contributed by atoms with Gasteiger partial charge >= 0.3 is 0 Å². The molecule has 0 atom stereocenters. The number of ketones is 1. The van der Waals surface area contributed by atoms with Crippen LogP contribution < -0.4 is 9.47 Å². The van der Waals surface area contributed by atoms with Crippen molar-refractivity contribution in [2.24, 2.45) is 0 Å². The number of aromatic hydroxyl groups is 2. The zero-order chi connectivity index (χ0) is 15.7. The minimum Gasteiger partial charge on any atom is -0.508 e. The number of phenolic OH excluding ortho intramolecular Hbond substituents is 2. The van der Waals surface area contributed by atoms with E-state index < -0.39 is 0 Å². The molecule has 22 heavy (non-hydrogen) atoms. The zero-order valence-electron chi connectivity index (χ0n) is 11.9. The molecule has 2 aromatic carbocycles. The molecular formula is C17H14O5. The van der Waals surface area contributed by atoms with Crippen LogP contribution in [0.25, 0.3) is 6.08 Å². The molecule has 0 fully saturated rings. The minimum absolute atomic E-state index is 0.0378. The molecule has 0 bridgehead atoms. The Labute approximate surface area is 127 Å². The van der Waals surface area contributed by atoms with E-state index >= 15 is 0 Å². The first-order valence-corrected chi connectivity index (χ1v) is 6.81. The fourth-order valence-electron chi connectivity index (χ4n) is 2.22. The third-order valence-corrected chi connectivity index (χ3v) is 3.23. The van der Waals surface area contributed by atoms with Gasteiger partial charge in [-0.1, -0.05) is 6.07 Å². The standard InChI is InChI=1S/C17H14O5/c1-2-21-15-7-10(3-6-13(15)19)8-16-17(20)12-5-4-11(18)9-14(12)22-16/h3-9,18-19H,2H2,1H3/b16-8-. The van der Waals surface area contributed by atoms with E-state index in [2.05, 4.69) is 0 Å². The van der Waals surface area contributed by atoms with Crippen LogP contribution in [0.15, 0.2) is 42.2 Å². The molecule has 0 amide bonds. The summed E-state index contributed by atoms with van der Waals surface area (Å²) in [6, 6.07) is 9.14. The maximum atomic E-state index is 12.2. The molecule has 0 spiro atoms. The predicted molar refractivity (Wildman–Crippen MR) is 80.3 cm³/mol. The number of allylic oxidation sites excluding steroid dienone is 1. The van der Waals surface area contributed by atoms with E-state index in [0.717, 1.165) is 0 Å². The summed E-state index contributed by atoms with van der Waals surface area (Å²) in [7, 11) is 0. The second-order valence-electron chi connectivity index (χ2n) is 4.78. The van der Waals surface area contributed by atoms with Crippen LogP contribution in [0.2, 0.25) is 0 Å². The topological polar surface area (TPSA) is 76.0 Å². The van der Waals surface area contributed by atoms with Crippen LogP contribution in [-0.4, -0.2) is 22.6 Å². The van der Waals surface area contributed by atoms with E-state index in [1.165, 1.54) is 24.3 Å². The van der Waals surface area contributed by atoms with E-state index in [9.17, 15) is 15.0 Å². The number of hydrogen-bond acceptors (Lipinski definition) is 5. The Kier molecular flexibility index (Phi) is 3.47. The summed E-state index contributed by atoms with van der Waals surface area (Å²) < 4.78 is 10.8. The molecular weight excluding hydrogens is 284 g/mol. The van der Waals surface area contributed by atoms with Gasteiger partial charge in [-0.05, 0) is 42.8 Å². The van der Waals surface area contributed by atoms with Crippen molar-refractivity contribution in [1.82, 2.24) is 0 Å². The van der Waals surface area contributed by atoms with Gasteiger partial charge in [0.15, 0.2) is 17.3 Å². The summed E-state index contributed by atoms with van der Waals surface area (Å²) in [6.45, 7) is 2.24. The molecule has 2 N–H and O–H groups in total. The molecule has 0 aliphatic carbocycles. The van der Waals surface area contributed by atoms with Gasteiger partial charge in [0.1, 0.15) is 11.5 Å². The number of fused-ring (bicyclic) bond motifs is 1. The van der Waals surface area contributed by atoms with Crippen molar-refractivity contribution in [2.75, 3.05) is 6.61 Å². The molecule has 2 aromatic rings. The van der Waals surface area contributed by atoms with Crippen LogP contribution in [0, 0.1) is 0 Å². The lowest BCUT2D eigenvalue weighted by atomic mass is 10.1. The van der Waals surface area contributed by atoms with Gasteiger partial charge in [0, 0.05) is 6.07 Å². The Balaban J connectivity index is 1.94. The van der Waals surface area contributed by atoms with Crippen molar-refractivity contribution in [1.29, 1.82) is 0 Å². The Hall–Kier alpha value is -2.95. The average Bonchev–Trinajstić information content (AvgIpc) is 2.78. The first kappa shape index (κ1) is 14.0. The van der Waals surface area contributed by atoms with E-state index in [4.69, 9.17) is 9.47 Å². The van der Waals surface area contributed by atoms with E-state index in [1.807, 2.05) is 6.92 Å². The fraction of sp³-hybridized carbons (Fsp3) is 0.118. The molecule has 112 valence electrons. The third-order valence-electron chi connectivity index (χ3n) is 3.23. The zero-order valence-corrected chi connectivity index (χ0v) is 11.9. The molecule has 5 heteroatoms. The minimum atomic E-state index is -0.249. The highest BCUT2D eigenvalue weighted by molar-refractivity contribution is 6.14. The molecule has 0 saturated heterocycles. The van der Waals surface area contributed by atoms with Crippen molar-refractivity contribution < 1.29 is 24.5 Å². The SMILES string of the molecule is CCOc1cc(/C=C2\Oc3cc(O)ccc3C2=O)ccc1O. The number of rotatable bonds is 3. The molecule has 0 radical (unpaired) electrons. The Bertz CT molecular complexity index is 777. The summed E-state index contributed by atoms with van der Waals surface area (Å²) in [5.41, 5.74) is 1.08. The van der Waals surface area contributed by atoms with Crippen LogP contribution in [0.3, 0.4) is 0 Å². The van der Waals surface area contributed by atoms with Crippen molar-refractivity contribution in [2.45, 2.75) is 6.92 Å². The first-order valence-electron chi connectivity index (χ1n) is 6.81. The Morgan fingerprint density at radius 3 is 2.77 bits per heavy atom. The van der Waals surface area contributed by atoms with Crippen LogP contribution in [0.1, 0.15) is 22.8 Å². The van der Waals surface area contributed by atoms with Crippen molar-refractivity contribution in [3.63, 3.8) is 0 Å². The highest BCUT2D eigenvalue weighted by atomic mass is 16.5. The smallest absolute Gasteiger partial charge is 0.231 e. The van der Waals surface area contributed by atoms with E-state index in [0.29, 0.717) is 29.2 Å². The van der Waals surface area contributed by atoms with Gasteiger partial charge in [0.2, 0.25) is 5.78 Å². The van der Waals surface area contributed by atoms with Crippen LogP contribution in [0.5, 0.6) is 23.0 Å². The quantitative estimate of drug-likeness (QED) is 0.851. The number of carbonyl (C=O) groups excluding carboxylic acids is 1. The summed E-state index contributed by atoms with van der Waals surface area (Å²) >= 11 is 0. The molecule has 0 saturated carbocycles. The van der Waals surface area contributed by atoms with Crippen LogP contribution in [-0.2, 0) is 0 Å². The molecule has 1 heterocycles. The van der Waals surface area contributed by atoms with Gasteiger partial charge in [-0.2, -0.15) is 0 Å². The number of ether oxygens (including phenoxy) is 2. The molecule has 5 nitrogen and oxygen atoms in total. The number of carbonyl (C=O) groups is 1. The third kappa shape index (κ3) is 2.48. The summed E-state index contributed by atoms with van der Waals surface area (Å²) in [5, 5.41) is 19.1. The molecule has 1 aliphatic rings. The molecule has 3 rings (SSSR count). The highest BCUT2D eigenvalue weighted by Crippen LogP contribution is 2.35. The van der Waals surface area contributed by atoms with Gasteiger partial charge in [-0.3, -0.25) is 4.79 Å². The van der Waals surface area contributed by atoms with Gasteiger partial charge in [-0.25, -0.2) is 0 Å². The van der Waals surface area contributed by atoms with E-state index in [1.54, 1.807) is 18.2 Å². The van der Waals surface area contributed by atoms with Crippen molar-refractivity contribution in [3.8, 4) is 23.0 Å². The molecule has 1 aliphatic heterocycles. The largest absolute Gasteiger partial charge is 0.508 e. The first-order chi connectivity index (χ1) is 10.6. The van der Waals surface area contributed by atoms with Crippen molar-refractivity contribution in [3.05, 3.63) is 53.3 Å². The van der Waals surface area contributed by atoms with Gasteiger partial charge in [0.25, 0.3) is 0 Å². The second-order valence-corrected chi connectivity index (χ2v) is 4.78. The number of hydrogen-bond donors (Lipinski definition) is 2. The number of phenols is 2. The summed E-state index contributed by atoms with van der Waals surface area (Å²) in [5.74, 6) is 0.666. The molecule has 0 unspecified atom stereocenters. The van der Waals surface area contributed by atoms with Gasteiger partial charge in [-0.15, -0.1) is 0 Å². The fourth-order valence-corrected chi connectivity index (χ4v) is 2.22. The lowest BCUT2D eigenvalue weighted by Gasteiger charge is -2.06. The highest BCUT2D eigenvalue weighted by Gasteiger charge is 2.27. The van der Waals surface area contributed by atoms with Crippen molar-refractivity contribution >= 4 is 11.9 Å². The summed E-state index contributed by atoms with van der Waals surface area (Å²) in [4.78, 5) is 12.2. The maximum Gasteiger partial charge on any atom is 0.231 e. The van der Waals surface area contributed by atoms with E-state index in [-0.39, 0.29) is 23.0 Å². The monoisotopic (exact) mass is 298 g/mol. The van der Waals surface area contributed by atoms with Crippen LogP contribution in [0.4, 0.5) is 0 Å². The van der Waals surface area contributed by atoms with Crippen LogP contribution >= 0.6 is 0 Å². The normalized spacial score (nSPS) is 14.8. The lowest BCUT2D eigenvalue weighted by Crippen LogP contribution is -1.98. The second kappa shape index (κ2) is 5.44. The molecule has 0 aromatic heterocycles. The van der Waals surface area contributed by atoms with Gasteiger partial charge < -0.3 is 19.7 Å². The average molecular weight is 298 g/mol. The van der Waals surface area contributed by atoms with Gasteiger partial charge in [0.05, 0.1) is 12.2 Å².